The largest absolute Gasteiger partial charge is 0.314 e. The van der Waals surface area contributed by atoms with Crippen LogP contribution >= 0.6 is 0 Å². The summed E-state index contributed by atoms with van der Waals surface area (Å²) in [5.74, 6) is 0. The van der Waals surface area contributed by atoms with Gasteiger partial charge in [0.25, 0.3) is 5.56 Å². The van der Waals surface area contributed by atoms with Gasteiger partial charge >= 0.3 is 0 Å². The average Bonchev–Trinajstić information content (AvgIpc) is 2.58. The summed E-state index contributed by atoms with van der Waals surface area (Å²) < 4.78 is 27.2. The first-order chi connectivity index (χ1) is 11.2. The Hall–Kier alpha value is -2.32. The van der Waals surface area contributed by atoms with Crippen molar-refractivity contribution in [2.24, 2.45) is 17.3 Å². The van der Waals surface area contributed by atoms with Gasteiger partial charge < -0.3 is 4.57 Å². The number of nitrogens with one attached hydrogen (secondary N) is 1. The fourth-order valence-electron chi connectivity index (χ4n) is 2.24. The first kappa shape index (κ1) is 18.0. The third kappa shape index (κ3) is 3.29. The number of hydrogen-bond acceptors (Lipinski definition) is 5. The van der Waals surface area contributed by atoms with E-state index in [1.54, 1.807) is 30.7 Å². The van der Waals surface area contributed by atoms with Crippen LogP contribution in [0.1, 0.15) is 16.8 Å². The number of pyridine rings is 1. The normalized spacial score (nSPS) is 12.0. The van der Waals surface area contributed by atoms with Gasteiger partial charge in [0.1, 0.15) is 5.69 Å². The predicted molar refractivity (Wildman–Crippen MR) is 92.8 cm³/mol. The summed E-state index contributed by atoms with van der Waals surface area (Å²) >= 11 is 0. The van der Waals surface area contributed by atoms with Gasteiger partial charge in [-0.2, -0.15) is 5.11 Å². The molecule has 24 heavy (non-hydrogen) atoms. The van der Waals surface area contributed by atoms with Gasteiger partial charge in [0.2, 0.25) is 10.0 Å². The van der Waals surface area contributed by atoms with Gasteiger partial charge in [-0.1, -0.05) is 0 Å². The minimum Gasteiger partial charge on any atom is -0.314 e. The van der Waals surface area contributed by atoms with E-state index in [-0.39, 0.29) is 10.5 Å². The number of hydrogen-bond donors (Lipinski definition) is 1. The van der Waals surface area contributed by atoms with Crippen LogP contribution in [-0.2, 0) is 17.1 Å². The predicted octanol–water partition coefficient (Wildman–Crippen LogP) is 2.63. The summed E-state index contributed by atoms with van der Waals surface area (Å²) in [4.78, 5) is 12.2. The van der Waals surface area contributed by atoms with Gasteiger partial charge in [-0.25, -0.2) is 13.1 Å². The van der Waals surface area contributed by atoms with E-state index in [4.69, 9.17) is 0 Å². The maximum Gasteiger partial charge on any atom is 0.253 e. The van der Waals surface area contributed by atoms with E-state index in [2.05, 4.69) is 15.0 Å². The van der Waals surface area contributed by atoms with Crippen molar-refractivity contribution in [3.05, 3.63) is 51.4 Å². The second kappa shape index (κ2) is 6.66. The van der Waals surface area contributed by atoms with Crippen LogP contribution < -0.4 is 10.3 Å². The van der Waals surface area contributed by atoms with Crippen molar-refractivity contribution in [1.29, 1.82) is 0 Å². The molecule has 1 N–H and O–H groups in total. The fraction of sp³-hybridized carbons (Fsp3) is 0.312. The van der Waals surface area contributed by atoms with Crippen molar-refractivity contribution < 1.29 is 8.42 Å². The smallest absolute Gasteiger partial charge is 0.253 e. The number of rotatable bonds is 4. The Kier molecular flexibility index (Phi) is 5.00. The number of aromatic nitrogens is 1. The highest BCUT2D eigenvalue weighted by molar-refractivity contribution is 7.89. The van der Waals surface area contributed by atoms with Crippen molar-refractivity contribution in [3.63, 3.8) is 0 Å². The van der Waals surface area contributed by atoms with E-state index in [9.17, 15) is 13.2 Å². The van der Waals surface area contributed by atoms with Gasteiger partial charge in [-0.15, -0.1) is 5.11 Å². The highest BCUT2D eigenvalue weighted by Crippen LogP contribution is 2.26. The molecule has 0 radical (unpaired) electrons. The average molecular weight is 348 g/mol. The fourth-order valence-corrected chi connectivity index (χ4v) is 2.97. The van der Waals surface area contributed by atoms with Gasteiger partial charge in [-0.05, 0) is 57.6 Å². The Morgan fingerprint density at radius 3 is 2.12 bits per heavy atom. The zero-order valence-corrected chi connectivity index (χ0v) is 15.1. The number of sulfonamides is 1. The molecular formula is C16H20N4O3S. The maximum atomic E-state index is 12.0. The Balaban J connectivity index is 2.41. The van der Waals surface area contributed by atoms with E-state index < -0.39 is 10.0 Å². The minimum atomic E-state index is -3.47. The number of azo groups is 1. The summed E-state index contributed by atoms with van der Waals surface area (Å²) in [5.41, 5.74) is 3.25. The van der Waals surface area contributed by atoms with Crippen LogP contribution in [0.15, 0.2) is 44.2 Å². The van der Waals surface area contributed by atoms with E-state index in [1.165, 1.54) is 19.2 Å². The lowest BCUT2D eigenvalue weighted by Gasteiger charge is -2.11. The molecule has 1 aromatic carbocycles. The summed E-state index contributed by atoms with van der Waals surface area (Å²) in [6.07, 6.45) is 0. The molecular weight excluding hydrogens is 328 g/mol. The Morgan fingerprint density at radius 2 is 1.58 bits per heavy atom. The van der Waals surface area contributed by atoms with Gasteiger partial charge in [0.05, 0.1) is 10.6 Å². The molecule has 0 saturated heterocycles. The van der Waals surface area contributed by atoms with Crippen LogP contribution in [0.5, 0.6) is 0 Å². The summed E-state index contributed by atoms with van der Waals surface area (Å²) in [6, 6.07) is 6.08. The molecule has 1 heterocycles. The Morgan fingerprint density at radius 1 is 1.00 bits per heavy atom. The lowest BCUT2D eigenvalue weighted by atomic mass is 10.1. The molecule has 1 aromatic heterocycles. The summed E-state index contributed by atoms with van der Waals surface area (Å²) in [5, 5.41) is 8.40. The topological polar surface area (TPSA) is 92.9 Å². The van der Waals surface area contributed by atoms with Gasteiger partial charge in [0.15, 0.2) is 0 Å². The molecule has 0 aliphatic carbocycles. The molecule has 2 rings (SSSR count). The SMILES string of the molecule is CNS(=O)(=O)c1ccc(N=Nc2c(C)c(C)c(=O)n(C)c2C)cc1. The Labute approximate surface area is 141 Å². The molecule has 2 aromatic rings. The second-order valence-electron chi connectivity index (χ2n) is 5.45. The van der Waals surface area contributed by atoms with E-state index in [0.717, 1.165) is 11.3 Å². The molecule has 0 aliphatic heterocycles. The first-order valence-electron chi connectivity index (χ1n) is 7.31. The van der Waals surface area contributed by atoms with Gasteiger partial charge in [0, 0.05) is 18.3 Å². The van der Waals surface area contributed by atoms with Crippen molar-refractivity contribution >= 4 is 21.4 Å². The third-order valence-electron chi connectivity index (χ3n) is 4.07. The van der Waals surface area contributed by atoms with Crippen LogP contribution in [0.2, 0.25) is 0 Å². The van der Waals surface area contributed by atoms with Crippen molar-refractivity contribution in [1.82, 2.24) is 9.29 Å². The molecule has 0 amide bonds. The molecule has 0 bridgehead atoms. The zero-order chi connectivity index (χ0) is 18.1. The minimum absolute atomic E-state index is 0.0504. The lowest BCUT2D eigenvalue weighted by Crippen LogP contribution is -2.22. The molecule has 8 heteroatoms. The molecule has 0 fully saturated rings. The van der Waals surface area contributed by atoms with Gasteiger partial charge in [-0.3, -0.25) is 4.79 Å². The highest BCUT2D eigenvalue weighted by atomic mass is 32.2. The molecule has 7 nitrogen and oxygen atoms in total. The third-order valence-corrected chi connectivity index (χ3v) is 5.50. The lowest BCUT2D eigenvalue weighted by molar-refractivity contribution is 0.588. The van der Waals surface area contributed by atoms with Crippen LogP contribution in [0.25, 0.3) is 0 Å². The van der Waals surface area contributed by atoms with E-state index >= 15 is 0 Å². The standard InChI is InChI=1S/C16H20N4O3S/c1-10-11(2)16(21)20(5)12(3)15(10)19-18-13-6-8-14(9-7-13)24(22,23)17-4/h6-9,17H,1-5H3. The molecule has 0 unspecified atom stereocenters. The van der Waals surface area contributed by atoms with Crippen molar-refractivity contribution in [2.75, 3.05) is 7.05 Å². The van der Waals surface area contributed by atoms with Crippen molar-refractivity contribution in [3.8, 4) is 0 Å². The molecule has 128 valence electrons. The summed E-state index contributed by atoms with van der Waals surface area (Å²) in [7, 11) is -0.419. The van der Waals surface area contributed by atoms with Crippen LogP contribution in [0.3, 0.4) is 0 Å². The monoisotopic (exact) mass is 348 g/mol. The van der Waals surface area contributed by atoms with Crippen LogP contribution in [0.4, 0.5) is 11.4 Å². The summed E-state index contributed by atoms with van der Waals surface area (Å²) in [6.45, 7) is 5.40. The second-order valence-corrected chi connectivity index (χ2v) is 7.34. The first-order valence-corrected chi connectivity index (χ1v) is 8.79. The Bertz CT molecular complexity index is 926. The van der Waals surface area contributed by atoms with E-state index in [0.29, 0.717) is 16.9 Å². The maximum absolute atomic E-state index is 12.0. The molecule has 0 saturated carbocycles. The molecule has 0 atom stereocenters. The molecule has 0 aliphatic rings. The quantitative estimate of drug-likeness (QED) is 0.861. The van der Waals surface area contributed by atoms with Crippen molar-refractivity contribution in [2.45, 2.75) is 25.7 Å². The van der Waals surface area contributed by atoms with E-state index in [1.807, 2.05) is 13.8 Å². The van der Waals surface area contributed by atoms with Crippen LogP contribution in [-0.4, -0.2) is 20.0 Å². The zero-order valence-electron chi connectivity index (χ0n) is 14.3. The van der Waals surface area contributed by atoms with Crippen LogP contribution in [0, 0.1) is 20.8 Å². The highest BCUT2D eigenvalue weighted by Gasteiger charge is 2.12. The molecule has 0 spiro atoms. The number of nitrogens with zero attached hydrogens (tertiary/aromatic N) is 3. The number of benzene rings is 1.